The Hall–Kier alpha value is -0.0600. The van der Waals surface area contributed by atoms with Crippen molar-refractivity contribution in [3.63, 3.8) is 0 Å². The van der Waals surface area contributed by atoms with Gasteiger partial charge in [0.25, 0.3) is 0 Å². The van der Waals surface area contributed by atoms with E-state index in [0.29, 0.717) is 5.92 Å². The van der Waals surface area contributed by atoms with Crippen LogP contribution in [-0.2, 0) is 0 Å². The summed E-state index contributed by atoms with van der Waals surface area (Å²) in [6.45, 7) is 9.90. The topological polar surface area (TPSA) is 24.9 Å². The Kier molecular flexibility index (Phi) is 5.97. The Balaban J connectivity index is 2.34. The van der Waals surface area contributed by atoms with E-state index in [1.807, 2.05) is 30.1 Å². The van der Waals surface area contributed by atoms with Crippen LogP contribution < -0.4 is 5.32 Å². The van der Waals surface area contributed by atoms with Crippen molar-refractivity contribution < 1.29 is 0 Å². The lowest BCUT2D eigenvalue weighted by atomic mass is 10.1. The van der Waals surface area contributed by atoms with Crippen molar-refractivity contribution in [2.24, 2.45) is 5.92 Å². The van der Waals surface area contributed by atoms with Gasteiger partial charge in [-0.2, -0.15) is 0 Å². The Bertz CT molecular complexity index is 350. The lowest BCUT2D eigenvalue weighted by Crippen LogP contribution is -2.39. The molecule has 1 aromatic heterocycles. The standard InChI is InChI=1S/C13H21BrN2S/c1-10(8-16-13(2,3)4)9-17-12-11(14)6-5-7-15-12/h5-7,10,16H,8-9H2,1-4H3. The van der Waals surface area contributed by atoms with E-state index in [9.17, 15) is 0 Å². The van der Waals surface area contributed by atoms with Crippen molar-refractivity contribution in [2.45, 2.75) is 38.3 Å². The van der Waals surface area contributed by atoms with Gasteiger partial charge in [0.15, 0.2) is 0 Å². The van der Waals surface area contributed by atoms with Crippen LogP contribution in [0.5, 0.6) is 0 Å². The van der Waals surface area contributed by atoms with Gasteiger partial charge in [0.05, 0.1) is 0 Å². The number of nitrogens with one attached hydrogen (secondary N) is 1. The molecular formula is C13H21BrN2S. The quantitative estimate of drug-likeness (QED) is 0.832. The van der Waals surface area contributed by atoms with Crippen LogP contribution in [0.2, 0.25) is 0 Å². The van der Waals surface area contributed by atoms with Crippen LogP contribution in [0.25, 0.3) is 0 Å². The summed E-state index contributed by atoms with van der Waals surface area (Å²) < 4.78 is 1.08. The molecule has 0 aliphatic carbocycles. The van der Waals surface area contributed by atoms with E-state index < -0.39 is 0 Å². The second-order valence-electron chi connectivity index (χ2n) is 5.34. The number of nitrogens with zero attached hydrogens (tertiary/aromatic N) is 1. The van der Waals surface area contributed by atoms with Crippen molar-refractivity contribution in [3.05, 3.63) is 22.8 Å². The number of thioether (sulfide) groups is 1. The molecule has 0 saturated carbocycles. The van der Waals surface area contributed by atoms with E-state index in [-0.39, 0.29) is 5.54 Å². The molecule has 0 saturated heterocycles. The molecule has 0 aliphatic rings. The Morgan fingerprint density at radius 2 is 2.18 bits per heavy atom. The molecule has 4 heteroatoms. The summed E-state index contributed by atoms with van der Waals surface area (Å²) in [5, 5.41) is 4.61. The zero-order valence-electron chi connectivity index (χ0n) is 11.0. The predicted molar refractivity (Wildman–Crippen MR) is 79.6 cm³/mol. The van der Waals surface area contributed by atoms with Gasteiger partial charge < -0.3 is 5.32 Å². The van der Waals surface area contributed by atoms with Gasteiger partial charge in [-0.15, -0.1) is 11.8 Å². The molecular weight excluding hydrogens is 296 g/mol. The van der Waals surface area contributed by atoms with Crippen molar-refractivity contribution in [2.75, 3.05) is 12.3 Å². The van der Waals surface area contributed by atoms with Crippen molar-refractivity contribution in [1.82, 2.24) is 10.3 Å². The van der Waals surface area contributed by atoms with E-state index in [0.717, 1.165) is 21.8 Å². The van der Waals surface area contributed by atoms with Gasteiger partial charge in [-0.05, 0) is 61.3 Å². The third kappa shape index (κ3) is 6.43. The summed E-state index contributed by atoms with van der Waals surface area (Å²) in [5.74, 6) is 1.71. The molecule has 1 heterocycles. The number of hydrogen-bond acceptors (Lipinski definition) is 3. The van der Waals surface area contributed by atoms with Crippen LogP contribution in [0.15, 0.2) is 27.8 Å². The normalized spacial score (nSPS) is 13.7. The Morgan fingerprint density at radius 1 is 1.47 bits per heavy atom. The smallest absolute Gasteiger partial charge is 0.110 e. The number of hydrogen-bond donors (Lipinski definition) is 1. The van der Waals surface area contributed by atoms with Gasteiger partial charge in [0.1, 0.15) is 5.03 Å². The number of rotatable bonds is 5. The fourth-order valence-electron chi connectivity index (χ4n) is 1.24. The molecule has 0 spiro atoms. The van der Waals surface area contributed by atoms with Gasteiger partial charge in [-0.3, -0.25) is 0 Å². The highest BCUT2D eigenvalue weighted by atomic mass is 79.9. The van der Waals surface area contributed by atoms with Crippen LogP contribution in [0.4, 0.5) is 0 Å². The zero-order chi connectivity index (χ0) is 12.9. The fraction of sp³-hybridized carbons (Fsp3) is 0.615. The summed E-state index contributed by atoms with van der Waals surface area (Å²) in [4.78, 5) is 4.35. The third-order valence-corrected chi connectivity index (χ3v) is 4.45. The highest BCUT2D eigenvalue weighted by Crippen LogP contribution is 2.26. The van der Waals surface area contributed by atoms with Crippen LogP contribution in [-0.4, -0.2) is 22.8 Å². The first-order valence-electron chi connectivity index (χ1n) is 5.87. The Morgan fingerprint density at radius 3 is 2.76 bits per heavy atom. The lowest BCUT2D eigenvalue weighted by Gasteiger charge is -2.23. The molecule has 1 rings (SSSR count). The van der Waals surface area contributed by atoms with Gasteiger partial charge in [0, 0.05) is 22.0 Å². The van der Waals surface area contributed by atoms with Gasteiger partial charge in [-0.25, -0.2) is 4.98 Å². The molecule has 1 atom stereocenters. The molecule has 0 fully saturated rings. The minimum atomic E-state index is 0.199. The van der Waals surface area contributed by atoms with E-state index in [4.69, 9.17) is 0 Å². The fourth-order valence-corrected chi connectivity index (χ4v) is 2.74. The zero-order valence-corrected chi connectivity index (χ0v) is 13.4. The molecule has 1 unspecified atom stereocenters. The molecule has 0 aliphatic heterocycles. The largest absolute Gasteiger partial charge is 0.312 e. The lowest BCUT2D eigenvalue weighted by molar-refractivity contribution is 0.395. The molecule has 0 aromatic carbocycles. The van der Waals surface area contributed by atoms with Gasteiger partial charge in [0.2, 0.25) is 0 Å². The monoisotopic (exact) mass is 316 g/mol. The second kappa shape index (κ2) is 6.76. The third-order valence-electron chi connectivity index (χ3n) is 2.21. The minimum absolute atomic E-state index is 0.199. The first kappa shape index (κ1) is 15.0. The molecule has 0 bridgehead atoms. The van der Waals surface area contributed by atoms with Crippen LogP contribution in [0.1, 0.15) is 27.7 Å². The number of halogens is 1. The van der Waals surface area contributed by atoms with Crippen molar-refractivity contribution in [3.8, 4) is 0 Å². The molecule has 2 nitrogen and oxygen atoms in total. The molecule has 1 aromatic rings. The van der Waals surface area contributed by atoms with E-state index in [1.165, 1.54) is 0 Å². The van der Waals surface area contributed by atoms with Crippen LogP contribution in [0, 0.1) is 5.92 Å². The average molecular weight is 317 g/mol. The van der Waals surface area contributed by atoms with Crippen molar-refractivity contribution >= 4 is 27.7 Å². The average Bonchev–Trinajstić information content (AvgIpc) is 2.24. The van der Waals surface area contributed by atoms with Crippen LogP contribution >= 0.6 is 27.7 Å². The Labute approximate surface area is 117 Å². The number of aromatic nitrogens is 1. The summed E-state index contributed by atoms with van der Waals surface area (Å²) >= 11 is 5.33. The molecule has 1 N–H and O–H groups in total. The van der Waals surface area contributed by atoms with Gasteiger partial charge in [-0.1, -0.05) is 6.92 Å². The molecule has 0 amide bonds. The maximum atomic E-state index is 4.35. The minimum Gasteiger partial charge on any atom is -0.312 e. The van der Waals surface area contributed by atoms with E-state index in [2.05, 4.69) is 53.9 Å². The second-order valence-corrected chi connectivity index (χ2v) is 7.20. The number of pyridine rings is 1. The first-order chi connectivity index (χ1) is 7.88. The van der Waals surface area contributed by atoms with E-state index in [1.54, 1.807) is 0 Å². The highest BCUT2D eigenvalue weighted by Gasteiger charge is 2.12. The van der Waals surface area contributed by atoms with E-state index >= 15 is 0 Å². The van der Waals surface area contributed by atoms with Crippen LogP contribution in [0.3, 0.4) is 0 Å². The molecule has 96 valence electrons. The SMILES string of the molecule is CC(CNC(C)(C)C)CSc1ncccc1Br. The summed E-state index contributed by atoms with van der Waals surface area (Å²) in [7, 11) is 0. The summed E-state index contributed by atoms with van der Waals surface area (Å²) in [6, 6.07) is 3.98. The maximum Gasteiger partial charge on any atom is 0.110 e. The molecule has 17 heavy (non-hydrogen) atoms. The van der Waals surface area contributed by atoms with Crippen molar-refractivity contribution in [1.29, 1.82) is 0 Å². The predicted octanol–water partition coefficient (Wildman–Crippen LogP) is 3.96. The summed E-state index contributed by atoms with van der Waals surface area (Å²) in [6.07, 6.45) is 1.84. The highest BCUT2D eigenvalue weighted by molar-refractivity contribution is 9.10. The summed E-state index contributed by atoms with van der Waals surface area (Å²) in [5.41, 5.74) is 0.199. The maximum absolute atomic E-state index is 4.35. The van der Waals surface area contributed by atoms with Gasteiger partial charge >= 0.3 is 0 Å². The molecule has 0 radical (unpaired) electrons. The first-order valence-corrected chi connectivity index (χ1v) is 7.64.